The number of unbranched alkanes of at least 4 members (excludes halogenated alkanes) is 42. The molecule has 0 saturated carbocycles. The minimum Gasteiger partial charge on any atom is -0.390 e. The highest BCUT2D eigenvalue weighted by molar-refractivity contribution is 7.41. The van der Waals surface area contributed by atoms with Crippen LogP contribution in [-0.2, 0) is 28.0 Å². The summed E-state index contributed by atoms with van der Waals surface area (Å²) in [5.74, 6) is -0.0333. The lowest BCUT2D eigenvalue weighted by Gasteiger charge is -2.21. The van der Waals surface area contributed by atoms with Gasteiger partial charge < -0.3 is 28.9 Å². The van der Waals surface area contributed by atoms with Gasteiger partial charge in [0.2, 0.25) is 0 Å². The highest BCUT2D eigenvalue weighted by Crippen LogP contribution is 2.40. The zero-order valence-electron chi connectivity index (χ0n) is 48.7. The second-order valence-electron chi connectivity index (χ2n) is 22.4. The van der Waals surface area contributed by atoms with Crippen molar-refractivity contribution in [2.75, 3.05) is 19.8 Å². The molecule has 0 heterocycles. The van der Waals surface area contributed by atoms with Crippen LogP contribution in [0, 0.1) is 0 Å². The molecule has 0 bridgehead atoms. The summed E-state index contributed by atoms with van der Waals surface area (Å²) >= 11 is 0. The molecule has 0 aliphatic rings. The molecule has 0 fully saturated rings. The number of ketones is 3. The number of carbonyl (C=O) groups is 3. The smallest absolute Gasteiger partial charge is 0.332 e. The summed E-state index contributed by atoms with van der Waals surface area (Å²) in [6.45, 7) is 6.17. The fraction of sp³-hybridized carbons (Fsp3) is 0.952. The largest absolute Gasteiger partial charge is 0.390 e. The molecule has 0 aromatic carbocycles. The molecule has 3 atom stereocenters. The van der Waals surface area contributed by atoms with Crippen LogP contribution in [0.1, 0.15) is 348 Å². The molecule has 3 unspecified atom stereocenters. The van der Waals surface area contributed by atoms with Crippen LogP contribution < -0.4 is 0 Å². The van der Waals surface area contributed by atoms with Gasteiger partial charge >= 0.3 is 8.60 Å². The SMILES string of the molecule is CCCCCCCCCCCCCCCCCC(=O)CC(O)COP(OCC(O)CC(=O)CCCCCCCCCCCCCCCCC)OCC(O)CC(=O)CCCCCCCCCCCCCCCCC. The normalized spacial score (nSPS) is 13.4. The molecule has 0 aliphatic carbocycles. The fourth-order valence-electron chi connectivity index (χ4n) is 9.90. The first-order valence-corrected chi connectivity index (χ1v) is 33.1. The van der Waals surface area contributed by atoms with Crippen LogP contribution >= 0.6 is 8.60 Å². The Morgan fingerprint density at radius 3 is 0.589 bits per heavy atom. The average molecular weight is 1060 g/mol. The summed E-state index contributed by atoms with van der Waals surface area (Å²) in [7, 11) is -2.14. The molecule has 434 valence electrons. The summed E-state index contributed by atoms with van der Waals surface area (Å²) in [5, 5.41) is 32.1. The van der Waals surface area contributed by atoms with Crippen LogP contribution in [0.5, 0.6) is 0 Å². The van der Waals surface area contributed by atoms with Gasteiger partial charge in [-0.05, 0) is 19.3 Å². The number of rotatable bonds is 63. The Balaban J connectivity index is 4.55. The quantitative estimate of drug-likeness (QED) is 0.0401. The van der Waals surface area contributed by atoms with Gasteiger partial charge in [-0.2, -0.15) is 0 Å². The van der Waals surface area contributed by atoms with Crippen molar-refractivity contribution in [3.05, 3.63) is 0 Å². The molecule has 9 nitrogen and oxygen atoms in total. The molecular weight excluding hydrogens is 932 g/mol. The highest BCUT2D eigenvalue weighted by Gasteiger charge is 2.22. The van der Waals surface area contributed by atoms with Gasteiger partial charge in [-0.15, -0.1) is 0 Å². The van der Waals surface area contributed by atoms with Crippen LogP contribution in [0.4, 0.5) is 0 Å². The first-order chi connectivity index (χ1) is 35.7. The topological polar surface area (TPSA) is 140 Å². The van der Waals surface area contributed by atoms with E-state index in [0.29, 0.717) is 19.3 Å². The lowest BCUT2D eigenvalue weighted by molar-refractivity contribution is -0.122. The Kier molecular flexibility index (Phi) is 58.2. The van der Waals surface area contributed by atoms with Crippen molar-refractivity contribution in [1.29, 1.82) is 0 Å². The van der Waals surface area contributed by atoms with Gasteiger partial charge in [0.05, 0.1) is 38.1 Å². The van der Waals surface area contributed by atoms with E-state index >= 15 is 0 Å². The van der Waals surface area contributed by atoms with E-state index in [1.165, 1.54) is 231 Å². The third-order valence-electron chi connectivity index (χ3n) is 14.7. The van der Waals surface area contributed by atoms with Gasteiger partial charge in [0.15, 0.2) is 0 Å². The summed E-state index contributed by atoms with van der Waals surface area (Å²) in [6.07, 6.45) is 54.9. The molecule has 0 rings (SSSR count). The fourth-order valence-corrected chi connectivity index (χ4v) is 11.0. The van der Waals surface area contributed by atoms with Crippen molar-refractivity contribution in [1.82, 2.24) is 0 Å². The lowest BCUT2D eigenvalue weighted by Crippen LogP contribution is -2.23. The molecule has 3 N–H and O–H groups in total. The molecule has 0 aliphatic heterocycles. The van der Waals surface area contributed by atoms with E-state index in [1.807, 2.05) is 0 Å². The maximum Gasteiger partial charge on any atom is 0.332 e. The summed E-state index contributed by atoms with van der Waals surface area (Å²) in [5.41, 5.74) is 0. The number of Topliss-reactive ketones (excluding diaryl/α,β-unsaturated/α-hetero) is 3. The Bertz CT molecular complexity index is 1020. The minimum absolute atomic E-state index is 0.0111. The van der Waals surface area contributed by atoms with Gasteiger partial charge in [0.25, 0.3) is 0 Å². The van der Waals surface area contributed by atoms with E-state index in [-0.39, 0.29) is 56.4 Å². The molecule has 0 radical (unpaired) electrons. The van der Waals surface area contributed by atoms with Gasteiger partial charge in [-0.3, -0.25) is 14.4 Å². The number of carbonyl (C=O) groups excluding carboxylic acids is 3. The van der Waals surface area contributed by atoms with E-state index < -0.39 is 26.9 Å². The van der Waals surface area contributed by atoms with Crippen molar-refractivity contribution in [3.8, 4) is 0 Å². The van der Waals surface area contributed by atoms with Crippen molar-refractivity contribution in [2.45, 2.75) is 367 Å². The van der Waals surface area contributed by atoms with Crippen LogP contribution in [-0.4, -0.2) is 70.8 Å². The van der Waals surface area contributed by atoms with E-state index in [9.17, 15) is 29.7 Å². The van der Waals surface area contributed by atoms with Crippen molar-refractivity contribution < 1.29 is 43.3 Å². The Morgan fingerprint density at radius 1 is 0.274 bits per heavy atom. The average Bonchev–Trinajstić information content (AvgIpc) is 3.37. The maximum absolute atomic E-state index is 12.7. The molecule has 10 heteroatoms. The second-order valence-corrected chi connectivity index (χ2v) is 23.6. The molecule has 0 saturated heterocycles. The number of aliphatic hydroxyl groups excluding tert-OH is 3. The Morgan fingerprint density at radius 2 is 0.425 bits per heavy atom. The van der Waals surface area contributed by atoms with Gasteiger partial charge in [0, 0.05) is 38.5 Å². The minimum atomic E-state index is -2.14. The Labute approximate surface area is 453 Å². The summed E-state index contributed by atoms with van der Waals surface area (Å²) in [4.78, 5) is 38.1. The third kappa shape index (κ3) is 57.2. The van der Waals surface area contributed by atoms with Gasteiger partial charge in [0.1, 0.15) is 17.3 Å². The predicted octanol–water partition coefficient (Wildman–Crippen LogP) is 19.0. The Hall–Kier alpha value is -0.800. The zero-order chi connectivity index (χ0) is 53.3. The first kappa shape index (κ1) is 72.2. The van der Waals surface area contributed by atoms with Gasteiger partial charge in [-0.1, -0.05) is 290 Å². The maximum atomic E-state index is 12.7. The van der Waals surface area contributed by atoms with E-state index in [2.05, 4.69) is 20.8 Å². The summed E-state index contributed by atoms with van der Waals surface area (Å²) < 4.78 is 17.4. The molecule has 73 heavy (non-hydrogen) atoms. The van der Waals surface area contributed by atoms with Gasteiger partial charge in [-0.25, -0.2) is 0 Å². The molecule has 0 aromatic rings. The van der Waals surface area contributed by atoms with Crippen LogP contribution in [0.2, 0.25) is 0 Å². The molecule has 0 spiro atoms. The predicted molar refractivity (Wildman–Crippen MR) is 310 cm³/mol. The number of aliphatic hydroxyl groups is 3. The van der Waals surface area contributed by atoms with E-state index in [1.54, 1.807) is 0 Å². The number of hydrogen-bond acceptors (Lipinski definition) is 9. The van der Waals surface area contributed by atoms with Crippen LogP contribution in [0.25, 0.3) is 0 Å². The summed E-state index contributed by atoms with van der Waals surface area (Å²) in [6, 6.07) is 0. The number of hydrogen-bond donors (Lipinski definition) is 3. The van der Waals surface area contributed by atoms with Crippen molar-refractivity contribution in [3.63, 3.8) is 0 Å². The highest BCUT2D eigenvalue weighted by atomic mass is 31.2. The standard InChI is InChI=1S/C63H123O9P/c1-4-7-10-13-16-19-22-25-28-31-34-37-40-43-46-49-58(64)52-61(67)55-70-73(71-56-62(68)53-59(65)50-47-44-41-38-35-32-29-26-23-20-17-14-11-8-5-2)72-57-63(69)54-60(66)51-48-45-42-39-36-33-30-27-24-21-18-15-12-9-6-3/h61-63,67-69H,4-57H2,1-3H3. The van der Waals surface area contributed by atoms with Crippen LogP contribution in [0.3, 0.4) is 0 Å². The monoisotopic (exact) mass is 1050 g/mol. The van der Waals surface area contributed by atoms with Crippen LogP contribution in [0.15, 0.2) is 0 Å². The third-order valence-corrected chi connectivity index (χ3v) is 15.8. The first-order valence-electron chi connectivity index (χ1n) is 32.0. The van der Waals surface area contributed by atoms with E-state index in [4.69, 9.17) is 13.6 Å². The lowest BCUT2D eigenvalue weighted by atomic mass is 10.0. The van der Waals surface area contributed by atoms with Crippen molar-refractivity contribution in [2.24, 2.45) is 0 Å². The van der Waals surface area contributed by atoms with Crippen molar-refractivity contribution >= 4 is 26.0 Å². The molecule has 0 aromatic heterocycles. The second kappa shape index (κ2) is 58.9. The van der Waals surface area contributed by atoms with E-state index in [0.717, 1.165) is 57.8 Å². The molecule has 0 amide bonds. The zero-order valence-corrected chi connectivity index (χ0v) is 49.5. The molecular formula is C63H123O9P.